The molecule has 7 heteroatoms. The zero-order valence-corrected chi connectivity index (χ0v) is 16.3. The average molecular weight is 448 g/mol. The quantitative estimate of drug-likeness (QED) is 0.296. The number of halogens is 2. The third-order valence-corrected chi connectivity index (χ3v) is 3.52. The van der Waals surface area contributed by atoms with Crippen molar-refractivity contribution in [3.05, 3.63) is 53.6 Å². The summed E-state index contributed by atoms with van der Waals surface area (Å²) < 4.78 is 2.06. The number of nitrogens with zero attached hydrogens (tertiary/aromatic N) is 3. The number of nitrogens with one attached hydrogen (secondary N) is 2. The van der Waals surface area contributed by atoms with Crippen LogP contribution in [0.2, 0.25) is 5.02 Å². The van der Waals surface area contributed by atoms with Crippen molar-refractivity contribution in [2.75, 3.05) is 13.1 Å². The molecule has 2 N–H and O–H groups in total. The summed E-state index contributed by atoms with van der Waals surface area (Å²) in [6.07, 6.45) is 6.60. The van der Waals surface area contributed by atoms with E-state index in [-0.39, 0.29) is 24.0 Å². The fourth-order valence-electron chi connectivity index (χ4n) is 2.02. The normalized spacial score (nSPS) is 11.0. The molecule has 0 amide bonds. The SMILES string of the molecule is CCNC(=NCc1ccccc1Cl)NCCCn1ccnc1.I. The number of imidazole rings is 1. The zero-order valence-electron chi connectivity index (χ0n) is 13.2. The molecule has 0 bridgehead atoms. The summed E-state index contributed by atoms with van der Waals surface area (Å²) >= 11 is 6.15. The summed E-state index contributed by atoms with van der Waals surface area (Å²) in [6.45, 7) is 5.24. The maximum atomic E-state index is 6.15. The van der Waals surface area contributed by atoms with Crippen molar-refractivity contribution in [3.63, 3.8) is 0 Å². The molecule has 126 valence electrons. The Bertz CT molecular complexity index is 586. The maximum Gasteiger partial charge on any atom is 0.191 e. The molecule has 0 saturated heterocycles. The van der Waals surface area contributed by atoms with Gasteiger partial charge in [0.05, 0.1) is 12.9 Å². The number of hydrogen-bond acceptors (Lipinski definition) is 2. The number of aryl methyl sites for hydroxylation is 1. The van der Waals surface area contributed by atoms with E-state index < -0.39 is 0 Å². The Balaban J connectivity index is 0.00000264. The standard InChI is InChI=1S/C16H22ClN5.HI/c1-2-19-16(20-8-5-10-22-11-9-18-13-22)21-12-14-6-3-4-7-15(14)17;/h3-4,6-7,9,11,13H,2,5,8,10,12H2,1H3,(H2,19,20,21);1H. The van der Waals surface area contributed by atoms with Crippen molar-refractivity contribution >= 4 is 41.5 Å². The molecule has 0 saturated carbocycles. The predicted molar refractivity (Wildman–Crippen MR) is 107 cm³/mol. The summed E-state index contributed by atoms with van der Waals surface area (Å²) in [5.41, 5.74) is 1.03. The average Bonchev–Trinajstić information content (AvgIpc) is 3.03. The van der Waals surface area contributed by atoms with Crippen LogP contribution in [0.25, 0.3) is 0 Å². The van der Waals surface area contributed by atoms with E-state index in [1.54, 1.807) is 6.20 Å². The van der Waals surface area contributed by atoms with Crippen molar-refractivity contribution in [1.82, 2.24) is 20.2 Å². The summed E-state index contributed by atoms with van der Waals surface area (Å²) in [4.78, 5) is 8.60. The fourth-order valence-corrected chi connectivity index (χ4v) is 2.22. The van der Waals surface area contributed by atoms with E-state index in [2.05, 4.69) is 32.1 Å². The van der Waals surface area contributed by atoms with Crippen molar-refractivity contribution in [2.45, 2.75) is 26.4 Å². The smallest absolute Gasteiger partial charge is 0.191 e. The summed E-state index contributed by atoms with van der Waals surface area (Å²) in [5.74, 6) is 0.813. The Kier molecular flexibility index (Phi) is 9.70. The Hall–Kier alpha value is -1.28. The second-order valence-corrected chi connectivity index (χ2v) is 5.27. The van der Waals surface area contributed by atoms with Crippen LogP contribution in [-0.4, -0.2) is 28.6 Å². The fraction of sp³-hybridized carbons (Fsp3) is 0.375. The highest BCUT2D eigenvalue weighted by Gasteiger charge is 2.00. The minimum Gasteiger partial charge on any atom is -0.357 e. The third-order valence-electron chi connectivity index (χ3n) is 3.15. The lowest BCUT2D eigenvalue weighted by atomic mass is 10.2. The van der Waals surface area contributed by atoms with Crippen molar-refractivity contribution in [3.8, 4) is 0 Å². The molecule has 0 unspecified atom stereocenters. The van der Waals surface area contributed by atoms with Crippen LogP contribution in [0, 0.1) is 0 Å². The van der Waals surface area contributed by atoms with Gasteiger partial charge in [0.1, 0.15) is 0 Å². The van der Waals surface area contributed by atoms with E-state index in [1.165, 1.54) is 0 Å². The first kappa shape index (κ1) is 19.8. The molecule has 5 nitrogen and oxygen atoms in total. The first-order valence-electron chi connectivity index (χ1n) is 7.51. The van der Waals surface area contributed by atoms with Crippen LogP contribution < -0.4 is 10.6 Å². The van der Waals surface area contributed by atoms with Crippen molar-refractivity contribution < 1.29 is 0 Å². The molecule has 1 heterocycles. The van der Waals surface area contributed by atoms with Gasteiger partial charge in [0.15, 0.2) is 5.96 Å². The van der Waals surface area contributed by atoms with Crippen LogP contribution in [0.15, 0.2) is 48.0 Å². The number of guanidine groups is 1. The number of hydrogen-bond donors (Lipinski definition) is 2. The Morgan fingerprint density at radius 2 is 2.13 bits per heavy atom. The van der Waals surface area contributed by atoms with E-state index >= 15 is 0 Å². The Morgan fingerprint density at radius 1 is 1.30 bits per heavy atom. The van der Waals surface area contributed by atoms with Crippen LogP contribution in [0.1, 0.15) is 18.9 Å². The largest absolute Gasteiger partial charge is 0.357 e. The molecule has 1 aromatic carbocycles. The van der Waals surface area contributed by atoms with E-state index in [0.29, 0.717) is 6.54 Å². The van der Waals surface area contributed by atoms with Gasteiger partial charge in [-0.05, 0) is 25.0 Å². The molecule has 0 aliphatic rings. The van der Waals surface area contributed by atoms with Gasteiger partial charge in [0, 0.05) is 37.1 Å². The lowest BCUT2D eigenvalue weighted by molar-refractivity contribution is 0.624. The van der Waals surface area contributed by atoms with E-state index in [0.717, 1.165) is 42.6 Å². The van der Waals surface area contributed by atoms with Gasteiger partial charge in [0.2, 0.25) is 0 Å². The van der Waals surface area contributed by atoms with Crippen molar-refractivity contribution in [1.29, 1.82) is 0 Å². The molecule has 0 aliphatic carbocycles. The van der Waals surface area contributed by atoms with Gasteiger partial charge in [-0.1, -0.05) is 29.8 Å². The second-order valence-electron chi connectivity index (χ2n) is 4.87. The first-order valence-corrected chi connectivity index (χ1v) is 7.88. The van der Waals surface area contributed by atoms with E-state index in [1.807, 2.05) is 36.8 Å². The molecular weight excluding hydrogens is 425 g/mol. The van der Waals surface area contributed by atoms with Gasteiger partial charge in [0.25, 0.3) is 0 Å². The molecule has 0 atom stereocenters. The second kappa shape index (κ2) is 11.3. The number of rotatable bonds is 7. The molecule has 2 aromatic rings. The van der Waals surface area contributed by atoms with Crippen LogP contribution in [-0.2, 0) is 13.1 Å². The Morgan fingerprint density at radius 3 is 2.83 bits per heavy atom. The lowest BCUT2D eigenvalue weighted by Crippen LogP contribution is -2.38. The number of aliphatic imine (C=N–C) groups is 1. The lowest BCUT2D eigenvalue weighted by Gasteiger charge is -2.11. The Labute approximate surface area is 159 Å². The summed E-state index contributed by atoms with van der Waals surface area (Å²) in [5, 5.41) is 7.33. The summed E-state index contributed by atoms with van der Waals surface area (Å²) in [7, 11) is 0. The third kappa shape index (κ3) is 7.22. The van der Waals surface area contributed by atoms with Gasteiger partial charge in [-0.2, -0.15) is 0 Å². The highest BCUT2D eigenvalue weighted by molar-refractivity contribution is 14.0. The molecule has 0 aliphatic heterocycles. The molecular formula is C16H23ClIN5. The molecule has 2 rings (SSSR count). The monoisotopic (exact) mass is 447 g/mol. The highest BCUT2D eigenvalue weighted by Crippen LogP contribution is 2.15. The highest BCUT2D eigenvalue weighted by atomic mass is 127. The van der Waals surface area contributed by atoms with Gasteiger partial charge in [-0.15, -0.1) is 24.0 Å². The summed E-state index contributed by atoms with van der Waals surface area (Å²) in [6, 6.07) is 7.78. The topological polar surface area (TPSA) is 54.2 Å². The minimum absolute atomic E-state index is 0. The molecule has 0 fully saturated rings. The number of benzene rings is 1. The van der Waals surface area contributed by atoms with Crippen LogP contribution in [0.4, 0.5) is 0 Å². The van der Waals surface area contributed by atoms with Crippen LogP contribution >= 0.6 is 35.6 Å². The van der Waals surface area contributed by atoms with Crippen molar-refractivity contribution in [2.24, 2.45) is 4.99 Å². The van der Waals surface area contributed by atoms with Gasteiger partial charge in [-0.25, -0.2) is 9.98 Å². The molecule has 1 aromatic heterocycles. The predicted octanol–water partition coefficient (Wildman–Crippen LogP) is 3.30. The van der Waals surface area contributed by atoms with E-state index in [4.69, 9.17) is 11.6 Å². The van der Waals surface area contributed by atoms with Gasteiger partial charge in [-0.3, -0.25) is 0 Å². The van der Waals surface area contributed by atoms with Gasteiger partial charge < -0.3 is 15.2 Å². The first-order chi connectivity index (χ1) is 10.8. The number of aromatic nitrogens is 2. The van der Waals surface area contributed by atoms with Crippen LogP contribution in [0.3, 0.4) is 0 Å². The minimum atomic E-state index is 0. The molecule has 0 radical (unpaired) electrons. The molecule has 23 heavy (non-hydrogen) atoms. The maximum absolute atomic E-state index is 6.15. The van der Waals surface area contributed by atoms with Gasteiger partial charge >= 0.3 is 0 Å². The van der Waals surface area contributed by atoms with Crippen LogP contribution in [0.5, 0.6) is 0 Å². The van der Waals surface area contributed by atoms with E-state index in [9.17, 15) is 0 Å². The molecule has 0 spiro atoms. The zero-order chi connectivity index (χ0) is 15.6.